The molecule has 96 valence electrons. The van der Waals surface area contributed by atoms with Gasteiger partial charge in [0, 0.05) is 6.07 Å². The quantitative estimate of drug-likeness (QED) is 0.823. The number of nitrogens with zero attached hydrogens (tertiary/aromatic N) is 3. The largest absolute Gasteiger partial charge is 0.357 e. The topological polar surface area (TPSA) is 73.6 Å². The third-order valence-corrected chi connectivity index (χ3v) is 2.32. The van der Waals surface area contributed by atoms with Crippen molar-refractivity contribution in [2.45, 2.75) is 6.92 Å². The lowest BCUT2D eigenvalue weighted by atomic mass is 10.3. The van der Waals surface area contributed by atoms with Gasteiger partial charge in [0.2, 0.25) is 0 Å². The Labute approximate surface area is 110 Å². The molecule has 2 rings (SSSR count). The molecule has 1 aromatic heterocycles. The highest BCUT2D eigenvalue weighted by Crippen LogP contribution is 2.19. The summed E-state index contributed by atoms with van der Waals surface area (Å²) in [7, 11) is 0. The van der Waals surface area contributed by atoms with Crippen molar-refractivity contribution >= 4 is 17.3 Å². The summed E-state index contributed by atoms with van der Waals surface area (Å²) in [4.78, 5) is 8.29. The van der Waals surface area contributed by atoms with Crippen molar-refractivity contribution in [3.05, 3.63) is 42.0 Å². The van der Waals surface area contributed by atoms with Gasteiger partial charge in [0.05, 0.1) is 11.8 Å². The van der Waals surface area contributed by atoms with Crippen molar-refractivity contribution in [1.82, 2.24) is 9.97 Å². The lowest BCUT2D eigenvalue weighted by molar-refractivity contribution is 0.632. The SMILES string of the molecule is Cc1nc(NCC#N)cc(Nc2ccccc2F)n1. The highest BCUT2D eigenvalue weighted by atomic mass is 19.1. The molecule has 5 nitrogen and oxygen atoms in total. The van der Waals surface area contributed by atoms with Crippen LogP contribution in [0.2, 0.25) is 0 Å². The summed E-state index contributed by atoms with van der Waals surface area (Å²) in [6, 6.07) is 9.92. The maximum absolute atomic E-state index is 13.5. The number of para-hydroxylation sites is 1. The van der Waals surface area contributed by atoms with Gasteiger partial charge in [-0.05, 0) is 19.1 Å². The summed E-state index contributed by atoms with van der Waals surface area (Å²) < 4.78 is 13.5. The van der Waals surface area contributed by atoms with E-state index < -0.39 is 0 Å². The maximum Gasteiger partial charge on any atom is 0.146 e. The van der Waals surface area contributed by atoms with Gasteiger partial charge in [0.1, 0.15) is 29.8 Å². The first-order chi connectivity index (χ1) is 9.19. The molecule has 2 aromatic rings. The molecule has 0 aliphatic heterocycles. The number of aryl methyl sites for hydroxylation is 1. The molecule has 0 radical (unpaired) electrons. The molecule has 2 N–H and O–H groups in total. The molecule has 0 saturated heterocycles. The Morgan fingerprint density at radius 3 is 2.74 bits per heavy atom. The minimum Gasteiger partial charge on any atom is -0.357 e. The monoisotopic (exact) mass is 257 g/mol. The van der Waals surface area contributed by atoms with Crippen molar-refractivity contribution < 1.29 is 4.39 Å². The summed E-state index contributed by atoms with van der Waals surface area (Å²) in [6.07, 6.45) is 0. The standard InChI is InChI=1S/C13H12FN5/c1-9-17-12(16-7-6-15)8-13(18-9)19-11-5-3-2-4-10(11)14/h2-5,8H,7H2,1H3,(H2,16,17,18,19). The van der Waals surface area contributed by atoms with Gasteiger partial charge in [0.15, 0.2) is 0 Å². The molecular weight excluding hydrogens is 245 g/mol. The highest BCUT2D eigenvalue weighted by Gasteiger charge is 2.05. The fourth-order valence-corrected chi connectivity index (χ4v) is 1.55. The van der Waals surface area contributed by atoms with Crippen LogP contribution in [0.5, 0.6) is 0 Å². The van der Waals surface area contributed by atoms with Crippen LogP contribution in [0.1, 0.15) is 5.82 Å². The average Bonchev–Trinajstić information content (AvgIpc) is 2.38. The third kappa shape index (κ3) is 3.39. The van der Waals surface area contributed by atoms with Crippen molar-refractivity contribution in [2.75, 3.05) is 17.2 Å². The summed E-state index contributed by atoms with van der Waals surface area (Å²) >= 11 is 0. The first-order valence-electron chi connectivity index (χ1n) is 5.67. The first kappa shape index (κ1) is 12.8. The molecule has 1 heterocycles. The lowest BCUT2D eigenvalue weighted by Crippen LogP contribution is -2.05. The van der Waals surface area contributed by atoms with Crippen LogP contribution in [-0.2, 0) is 0 Å². The Morgan fingerprint density at radius 1 is 1.26 bits per heavy atom. The molecule has 0 bridgehead atoms. The average molecular weight is 257 g/mol. The van der Waals surface area contributed by atoms with Crippen LogP contribution < -0.4 is 10.6 Å². The van der Waals surface area contributed by atoms with Crippen LogP contribution in [0.25, 0.3) is 0 Å². The molecule has 0 amide bonds. The number of nitriles is 1. The van der Waals surface area contributed by atoms with Gasteiger partial charge in [-0.15, -0.1) is 0 Å². The number of nitrogens with one attached hydrogen (secondary N) is 2. The Hall–Kier alpha value is -2.68. The van der Waals surface area contributed by atoms with Crippen LogP contribution >= 0.6 is 0 Å². The normalized spacial score (nSPS) is 9.74. The molecule has 0 unspecified atom stereocenters. The zero-order valence-corrected chi connectivity index (χ0v) is 10.3. The van der Waals surface area contributed by atoms with Gasteiger partial charge in [-0.3, -0.25) is 0 Å². The molecule has 0 atom stereocenters. The number of hydrogen-bond donors (Lipinski definition) is 2. The molecule has 0 spiro atoms. The molecular formula is C13H12FN5. The third-order valence-electron chi connectivity index (χ3n) is 2.32. The molecule has 0 saturated carbocycles. The van der Waals surface area contributed by atoms with E-state index in [-0.39, 0.29) is 12.4 Å². The molecule has 0 fully saturated rings. The Balaban J connectivity index is 2.23. The minimum atomic E-state index is -0.356. The van der Waals surface area contributed by atoms with Crippen molar-refractivity contribution in [3.63, 3.8) is 0 Å². The number of benzene rings is 1. The predicted molar refractivity (Wildman–Crippen MR) is 70.6 cm³/mol. The fraction of sp³-hybridized carbons (Fsp3) is 0.154. The number of anilines is 3. The van der Waals surface area contributed by atoms with Crippen molar-refractivity contribution in [1.29, 1.82) is 5.26 Å². The zero-order chi connectivity index (χ0) is 13.7. The van der Waals surface area contributed by atoms with Crippen molar-refractivity contribution in [3.8, 4) is 6.07 Å². The van der Waals surface area contributed by atoms with Gasteiger partial charge >= 0.3 is 0 Å². The van der Waals surface area contributed by atoms with Gasteiger partial charge in [-0.25, -0.2) is 14.4 Å². The van der Waals surface area contributed by atoms with Crippen LogP contribution in [-0.4, -0.2) is 16.5 Å². The number of aromatic nitrogens is 2. The van der Waals surface area contributed by atoms with E-state index in [1.54, 1.807) is 31.2 Å². The van der Waals surface area contributed by atoms with Crippen LogP contribution in [0.4, 0.5) is 21.7 Å². The second-order valence-corrected chi connectivity index (χ2v) is 3.80. The molecule has 0 aliphatic rings. The van der Waals surface area contributed by atoms with E-state index in [1.165, 1.54) is 6.07 Å². The lowest BCUT2D eigenvalue weighted by Gasteiger charge is -2.09. The summed E-state index contributed by atoms with van der Waals surface area (Å²) in [6.45, 7) is 1.87. The molecule has 6 heteroatoms. The van der Waals surface area contributed by atoms with E-state index in [4.69, 9.17) is 5.26 Å². The predicted octanol–water partition coefficient (Wildman–Crippen LogP) is 2.60. The minimum absolute atomic E-state index is 0.148. The smallest absolute Gasteiger partial charge is 0.146 e. The zero-order valence-electron chi connectivity index (χ0n) is 10.3. The molecule has 19 heavy (non-hydrogen) atoms. The van der Waals surface area contributed by atoms with Crippen molar-refractivity contribution in [2.24, 2.45) is 0 Å². The second kappa shape index (κ2) is 5.78. The maximum atomic E-state index is 13.5. The van der Waals surface area contributed by atoms with Gasteiger partial charge in [0.25, 0.3) is 0 Å². The van der Waals surface area contributed by atoms with Crippen LogP contribution in [0.15, 0.2) is 30.3 Å². The van der Waals surface area contributed by atoms with Crippen LogP contribution in [0.3, 0.4) is 0 Å². The van der Waals surface area contributed by atoms with E-state index >= 15 is 0 Å². The fourth-order valence-electron chi connectivity index (χ4n) is 1.55. The second-order valence-electron chi connectivity index (χ2n) is 3.80. The van der Waals surface area contributed by atoms with E-state index in [0.29, 0.717) is 23.1 Å². The summed E-state index contributed by atoms with van der Waals surface area (Å²) in [5.41, 5.74) is 0.340. The Bertz CT molecular complexity index is 621. The Kier molecular flexibility index (Phi) is 3.88. The van der Waals surface area contributed by atoms with Gasteiger partial charge < -0.3 is 10.6 Å². The number of rotatable bonds is 4. The highest BCUT2D eigenvalue weighted by molar-refractivity contribution is 5.59. The number of hydrogen-bond acceptors (Lipinski definition) is 5. The van der Waals surface area contributed by atoms with E-state index in [9.17, 15) is 4.39 Å². The van der Waals surface area contributed by atoms with Gasteiger partial charge in [-0.1, -0.05) is 12.1 Å². The number of halogens is 1. The Morgan fingerprint density at radius 2 is 2.00 bits per heavy atom. The van der Waals surface area contributed by atoms with Crippen LogP contribution in [0, 0.1) is 24.1 Å². The van der Waals surface area contributed by atoms with E-state index in [2.05, 4.69) is 20.6 Å². The van der Waals surface area contributed by atoms with E-state index in [0.717, 1.165) is 0 Å². The first-order valence-corrected chi connectivity index (χ1v) is 5.67. The summed E-state index contributed by atoms with van der Waals surface area (Å²) in [5, 5.41) is 14.2. The molecule has 1 aromatic carbocycles. The summed E-state index contributed by atoms with van der Waals surface area (Å²) in [5.74, 6) is 1.16. The molecule has 0 aliphatic carbocycles. The van der Waals surface area contributed by atoms with E-state index in [1.807, 2.05) is 6.07 Å². The van der Waals surface area contributed by atoms with Gasteiger partial charge in [-0.2, -0.15) is 5.26 Å².